The molecule has 0 saturated carbocycles. The van der Waals surface area contributed by atoms with Crippen LogP contribution in [0.3, 0.4) is 0 Å². The van der Waals surface area contributed by atoms with E-state index in [-0.39, 0.29) is 0 Å². The number of benzene rings is 1. The molecule has 0 radical (unpaired) electrons. The SMILES string of the molecule is O=C(Cl)C(Cl)C(Cl)c1ccccc1C(Cl)C(Cl)C(=O)Cl. The van der Waals surface area contributed by atoms with Gasteiger partial charge in [-0.25, -0.2) is 0 Å². The van der Waals surface area contributed by atoms with Crippen LogP contribution in [0.25, 0.3) is 0 Å². The smallest absolute Gasteiger partial charge is 0.241 e. The van der Waals surface area contributed by atoms with Gasteiger partial charge in [-0.2, -0.15) is 0 Å². The summed E-state index contributed by atoms with van der Waals surface area (Å²) >= 11 is 34.6. The first-order valence-corrected chi connectivity index (χ1v) is 7.81. The Morgan fingerprint density at radius 3 is 1.30 bits per heavy atom. The Bertz CT molecular complexity index is 461. The molecule has 8 heteroatoms. The van der Waals surface area contributed by atoms with Gasteiger partial charge < -0.3 is 0 Å². The van der Waals surface area contributed by atoms with Gasteiger partial charge in [-0.15, -0.1) is 46.4 Å². The molecule has 0 fully saturated rings. The maximum absolute atomic E-state index is 11.1. The van der Waals surface area contributed by atoms with Crippen LogP contribution in [0.2, 0.25) is 0 Å². The van der Waals surface area contributed by atoms with Crippen LogP contribution >= 0.6 is 69.6 Å². The number of carbonyl (C=O) groups excluding carboxylic acids is 2. The van der Waals surface area contributed by atoms with Gasteiger partial charge in [0.2, 0.25) is 10.5 Å². The summed E-state index contributed by atoms with van der Waals surface area (Å²) in [5.74, 6) is 0. The summed E-state index contributed by atoms with van der Waals surface area (Å²) in [6, 6.07) is 6.62. The first-order valence-electron chi connectivity index (χ1n) is 5.31. The Morgan fingerprint density at radius 2 is 1.05 bits per heavy atom. The molecule has 20 heavy (non-hydrogen) atoms. The van der Waals surface area contributed by atoms with Crippen LogP contribution in [0.5, 0.6) is 0 Å². The van der Waals surface area contributed by atoms with Crippen molar-refractivity contribution < 1.29 is 9.59 Å². The Hall–Kier alpha value is 0.300. The van der Waals surface area contributed by atoms with Gasteiger partial charge >= 0.3 is 0 Å². The summed E-state index contributed by atoms with van der Waals surface area (Å²) in [5, 5.41) is -5.67. The quantitative estimate of drug-likeness (QED) is 0.501. The van der Waals surface area contributed by atoms with Crippen molar-refractivity contribution in [3.05, 3.63) is 35.4 Å². The molecular formula is C12H8Cl6O2. The van der Waals surface area contributed by atoms with E-state index in [2.05, 4.69) is 0 Å². The highest BCUT2D eigenvalue weighted by atomic mass is 35.5. The number of hydrogen-bond donors (Lipinski definition) is 0. The van der Waals surface area contributed by atoms with Crippen molar-refractivity contribution in [3.8, 4) is 0 Å². The van der Waals surface area contributed by atoms with E-state index >= 15 is 0 Å². The lowest BCUT2D eigenvalue weighted by atomic mass is 9.98. The molecule has 4 unspecified atom stereocenters. The molecule has 0 heterocycles. The zero-order chi connectivity index (χ0) is 15.4. The van der Waals surface area contributed by atoms with Crippen molar-refractivity contribution in [2.45, 2.75) is 21.5 Å². The lowest BCUT2D eigenvalue weighted by molar-refractivity contribution is -0.112. The van der Waals surface area contributed by atoms with Gasteiger partial charge in [-0.05, 0) is 34.3 Å². The number of rotatable bonds is 6. The second-order valence-corrected chi connectivity index (χ2v) is 6.47. The molecule has 110 valence electrons. The van der Waals surface area contributed by atoms with Gasteiger partial charge in [0.05, 0.1) is 10.8 Å². The van der Waals surface area contributed by atoms with Crippen LogP contribution in [-0.4, -0.2) is 21.2 Å². The lowest BCUT2D eigenvalue weighted by Gasteiger charge is -2.21. The van der Waals surface area contributed by atoms with Crippen LogP contribution in [-0.2, 0) is 9.59 Å². The lowest BCUT2D eigenvalue weighted by Crippen LogP contribution is -2.20. The molecule has 0 spiro atoms. The normalized spacial score (nSPS) is 17.1. The fraction of sp³-hybridized carbons (Fsp3) is 0.333. The highest BCUT2D eigenvalue weighted by Gasteiger charge is 2.31. The van der Waals surface area contributed by atoms with Crippen LogP contribution in [0, 0.1) is 0 Å². The summed E-state index contributed by atoms with van der Waals surface area (Å²) in [7, 11) is 0. The summed E-state index contributed by atoms with van der Waals surface area (Å²) < 4.78 is 0. The van der Waals surface area contributed by atoms with Crippen LogP contribution < -0.4 is 0 Å². The number of hydrogen-bond acceptors (Lipinski definition) is 2. The van der Waals surface area contributed by atoms with E-state index in [1.165, 1.54) is 0 Å². The van der Waals surface area contributed by atoms with E-state index in [4.69, 9.17) is 69.6 Å². The van der Waals surface area contributed by atoms with Gasteiger partial charge in [-0.3, -0.25) is 9.59 Å². The molecule has 0 N–H and O–H groups in total. The molecule has 0 aromatic heterocycles. The van der Waals surface area contributed by atoms with Crippen molar-refractivity contribution in [1.29, 1.82) is 0 Å². The first-order chi connectivity index (χ1) is 9.27. The monoisotopic (exact) mass is 394 g/mol. The molecule has 1 rings (SSSR count). The summed E-state index contributed by atoms with van der Waals surface area (Å²) in [6.45, 7) is 0. The van der Waals surface area contributed by atoms with Crippen LogP contribution in [0.4, 0.5) is 0 Å². The Morgan fingerprint density at radius 1 is 0.750 bits per heavy atom. The van der Waals surface area contributed by atoms with E-state index in [1.54, 1.807) is 24.3 Å². The zero-order valence-corrected chi connectivity index (χ0v) is 14.2. The number of alkyl halides is 4. The molecular weight excluding hydrogens is 389 g/mol. The molecule has 2 nitrogen and oxygen atoms in total. The average Bonchev–Trinajstić information content (AvgIpc) is 2.43. The maximum Gasteiger partial charge on any atom is 0.241 e. The average molecular weight is 397 g/mol. The predicted molar refractivity (Wildman–Crippen MR) is 84.6 cm³/mol. The van der Waals surface area contributed by atoms with E-state index < -0.39 is 32.0 Å². The molecule has 0 aliphatic rings. The topological polar surface area (TPSA) is 34.1 Å². The molecule has 0 saturated heterocycles. The van der Waals surface area contributed by atoms with E-state index in [0.717, 1.165) is 0 Å². The highest BCUT2D eigenvalue weighted by Crippen LogP contribution is 2.38. The van der Waals surface area contributed by atoms with E-state index in [1.807, 2.05) is 0 Å². The van der Waals surface area contributed by atoms with Gasteiger partial charge in [0.1, 0.15) is 10.8 Å². The van der Waals surface area contributed by atoms with Crippen molar-refractivity contribution in [2.75, 3.05) is 0 Å². The molecule has 0 aliphatic carbocycles. The van der Waals surface area contributed by atoms with Gasteiger partial charge in [0.25, 0.3) is 0 Å². The minimum absolute atomic E-state index is 0.465. The highest BCUT2D eigenvalue weighted by molar-refractivity contribution is 6.70. The molecule has 0 amide bonds. The third kappa shape index (κ3) is 4.40. The van der Waals surface area contributed by atoms with Gasteiger partial charge in [0.15, 0.2) is 0 Å². The fourth-order valence-electron chi connectivity index (χ4n) is 1.56. The Labute approximate surface area is 146 Å². The minimum Gasteiger partial charge on any atom is -0.280 e. The predicted octanol–water partition coefficient (Wildman–Crippen LogP) is 4.99. The molecule has 0 bridgehead atoms. The van der Waals surface area contributed by atoms with Gasteiger partial charge in [-0.1, -0.05) is 24.3 Å². The summed E-state index contributed by atoms with van der Waals surface area (Å²) in [6.07, 6.45) is 0. The standard InChI is InChI=1S/C12H8Cl6O2/c13-7(9(15)11(17)19)5-3-1-2-4-6(5)8(14)10(16)12(18)20/h1-4,7-10H. The molecule has 1 aromatic carbocycles. The third-order valence-corrected chi connectivity index (χ3v) is 5.36. The first kappa shape index (κ1) is 18.3. The third-order valence-electron chi connectivity index (χ3n) is 2.54. The maximum atomic E-state index is 11.1. The summed E-state index contributed by atoms with van der Waals surface area (Å²) in [4.78, 5) is 22.2. The summed E-state index contributed by atoms with van der Waals surface area (Å²) in [5.41, 5.74) is 0.929. The number of halogens is 6. The second-order valence-electron chi connectivity index (χ2n) is 3.84. The van der Waals surface area contributed by atoms with Crippen molar-refractivity contribution in [2.24, 2.45) is 0 Å². The van der Waals surface area contributed by atoms with Gasteiger partial charge in [0, 0.05) is 0 Å². The zero-order valence-electron chi connectivity index (χ0n) is 9.70. The molecule has 4 atom stereocenters. The van der Waals surface area contributed by atoms with Crippen molar-refractivity contribution in [3.63, 3.8) is 0 Å². The fourth-order valence-corrected chi connectivity index (χ4v) is 2.84. The largest absolute Gasteiger partial charge is 0.280 e. The Kier molecular flexibility index (Phi) is 7.40. The Balaban J connectivity index is 3.17. The minimum atomic E-state index is -1.14. The second kappa shape index (κ2) is 8.07. The molecule has 0 aliphatic heterocycles. The van der Waals surface area contributed by atoms with Crippen molar-refractivity contribution >= 4 is 80.1 Å². The van der Waals surface area contributed by atoms with Crippen LogP contribution in [0.1, 0.15) is 21.9 Å². The van der Waals surface area contributed by atoms with Crippen LogP contribution in [0.15, 0.2) is 24.3 Å². The van der Waals surface area contributed by atoms with E-state index in [0.29, 0.717) is 11.1 Å². The van der Waals surface area contributed by atoms with E-state index in [9.17, 15) is 9.59 Å². The van der Waals surface area contributed by atoms with Crippen molar-refractivity contribution in [1.82, 2.24) is 0 Å². The number of carbonyl (C=O) groups is 2. The molecule has 1 aromatic rings.